The lowest BCUT2D eigenvalue weighted by Gasteiger charge is -2.12. The zero-order valence-electron chi connectivity index (χ0n) is 10.3. The minimum atomic E-state index is -0.475. The van der Waals surface area contributed by atoms with E-state index < -0.39 is 6.10 Å². The zero-order chi connectivity index (χ0) is 11.7. The van der Waals surface area contributed by atoms with E-state index in [2.05, 4.69) is 16.9 Å². The van der Waals surface area contributed by atoms with E-state index in [0.29, 0.717) is 5.92 Å². The van der Waals surface area contributed by atoms with Crippen LogP contribution in [-0.4, -0.2) is 15.1 Å². The second kappa shape index (κ2) is 4.50. The standard InChI is InChI=1S/C13H20N2O/c1-8-4-5-11(6-8)13-14-7-12(10(3)16)9(2)15-13/h7-8,10-11,16H,4-6H2,1-3H3/t8?,10-,11?/m1/s1. The molecule has 1 N–H and O–H groups in total. The lowest BCUT2D eigenvalue weighted by molar-refractivity contribution is 0.197. The van der Waals surface area contributed by atoms with Crippen LogP contribution in [0.3, 0.4) is 0 Å². The predicted molar refractivity (Wildman–Crippen MR) is 63.2 cm³/mol. The van der Waals surface area contributed by atoms with Crippen LogP contribution in [0.25, 0.3) is 0 Å². The molecule has 1 heterocycles. The number of hydrogen-bond acceptors (Lipinski definition) is 3. The van der Waals surface area contributed by atoms with Gasteiger partial charge in [-0.05, 0) is 39.0 Å². The number of aliphatic hydroxyl groups is 1. The van der Waals surface area contributed by atoms with Gasteiger partial charge in [0, 0.05) is 23.4 Å². The SMILES string of the molecule is Cc1nc(C2CCC(C)C2)ncc1[C@@H](C)O. The molecular formula is C13H20N2O. The number of aryl methyl sites for hydroxylation is 1. The first-order valence-corrected chi connectivity index (χ1v) is 6.09. The van der Waals surface area contributed by atoms with Gasteiger partial charge in [0.2, 0.25) is 0 Å². The Morgan fingerprint density at radius 3 is 2.69 bits per heavy atom. The summed E-state index contributed by atoms with van der Waals surface area (Å²) in [6.07, 6.45) is 5.00. The first-order chi connectivity index (χ1) is 7.58. The summed E-state index contributed by atoms with van der Waals surface area (Å²) in [6, 6.07) is 0. The largest absolute Gasteiger partial charge is 0.389 e. The number of hydrogen-bond donors (Lipinski definition) is 1. The van der Waals surface area contributed by atoms with Crippen LogP contribution in [0.5, 0.6) is 0 Å². The smallest absolute Gasteiger partial charge is 0.131 e. The molecule has 16 heavy (non-hydrogen) atoms. The average molecular weight is 220 g/mol. The molecular weight excluding hydrogens is 200 g/mol. The molecule has 0 spiro atoms. The molecule has 2 unspecified atom stereocenters. The van der Waals surface area contributed by atoms with Crippen molar-refractivity contribution in [3.63, 3.8) is 0 Å². The fourth-order valence-electron chi connectivity index (χ4n) is 2.54. The molecule has 1 aliphatic carbocycles. The molecule has 2 rings (SSSR count). The Hall–Kier alpha value is -0.960. The topological polar surface area (TPSA) is 46.0 Å². The fourth-order valence-corrected chi connectivity index (χ4v) is 2.54. The summed E-state index contributed by atoms with van der Waals surface area (Å²) < 4.78 is 0. The highest BCUT2D eigenvalue weighted by Crippen LogP contribution is 2.36. The molecule has 0 amide bonds. The van der Waals surface area contributed by atoms with Gasteiger partial charge in [0.15, 0.2) is 0 Å². The Morgan fingerprint density at radius 1 is 1.44 bits per heavy atom. The highest BCUT2D eigenvalue weighted by Gasteiger charge is 2.25. The number of nitrogens with zero attached hydrogens (tertiary/aromatic N) is 2. The first kappa shape index (κ1) is 11.5. The number of aromatic nitrogens is 2. The Kier molecular flexibility index (Phi) is 3.24. The van der Waals surface area contributed by atoms with Crippen molar-refractivity contribution < 1.29 is 5.11 Å². The van der Waals surface area contributed by atoms with Gasteiger partial charge in [-0.2, -0.15) is 0 Å². The third kappa shape index (κ3) is 2.24. The second-order valence-corrected chi connectivity index (χ2v) is 5.06. The Labute approximate surface area is 96.9 Å². The molecule has 1 fully saturated rings. The molecule has 0 radical (unpaired) electrons. The minimum absolute atomic E-state index is 0.475. The fraction of sp³-hybridized carbons (Fsp3) is 0.692. The Morgan fingerprint density at radius 2 is 2.19 bits per heavy atom. The van der Waals surface area contributed by atoms with Crippen molar-refractivity contribution in [2.24, 2.45) is 5.92 Å². The third-order valence-electron chi connectivity index (χ3n) is 3.55. The summed E-state index contributed by atoms with van der Waals surface area (Å²) in [6.45, 7) is 5.99. The van der Waals surface area contributed by atoms with Crippen LogP contribution in [0.4, 0.5) is 0 Å². The highest BCUT2D eigenvalue weighted by atomic mass is 16.3. The molecule has 0 aromatic carbocycles. The van der Waals surface area contributed by atoms with E-state index in [1.165, 1.54) is 19.3 Å². The van der Waals surface area contributed by atoms with Crippen molar-refractivity contribution in [3.05, 3.63) is 23.3 Å². The number of rotatable bonds is 2. The molecule has 1 aromatic rings. The van der Waals surface area contributed by atoms with Crippen molar-refractivity contribution >= 4 is 0 Å². The second-order valence-electron chi connectivity index (χ2n) is 5.06. The average Bonchev–Trinajstić information content (AvgIpc) is 2.64. The van der Waals surface area contributed by atoms with Crippen LogP contribution in [0.2, 0.25) is 0 Å². The van der Waals surface area contributed by atoms with Gasteiger partial charge in [-0.25, -0.2) is 9.97 Å². The first-order valence-electron chi connectivity index (χ1n) is 6.09. The maximum Gasteiger partial charge on any atom is 0.131 e. The third-order valence-corrected chi connectivity index (χ3v) is 3.55. The van der Waals surface area contributed by atoms with Gasteiger partial charge in [-0.15, -0.1) is 0 Å². The van der Waals surface area contributed by atoms with Gasteiger partial charge >= 0.3 is 0 Å². The Bertz CT molecular complexity index is 376. The highest BCUT2D eigenvalue weighted by molar-refractivity contribution is 5.19. The predicted octanol–water partition coefficient (Wildman–Crippen LogP) is 2.74. The molecule has 1 aromatic heterocycles. The number of aliphatic hydroxyl groups excluding tert-OH is 1. The van der Waals surface area contributed by atoms with E-state index >= 15 is 0 Å². The van der Waals surface area contributed by atoms with Crippen LogP contribution in [0, 0.1) is 12.8 Å². The van der Waals surface area contributed by atoms with Crippen LogP contribution in [0.15, 0.2) is 6.20 Å². The van der Waals surface area contributed by atoms with Crippen molar-refractivity contribution in [1.29, 1.82) is 0 Å². The van der Waals surface area contributed by atoms with Gasteiger partial charge in [0.25, 0.3) is 0 Å². The minimum Gasteiger partial charge on any atom is -0.389 e. The molecule has 0 saturated heterocycles. The maximum atomic E-state index is 9.52. The molecule has 3 nitrogen and oxygen atoms in total. The quantitative estimate of drug-likeness (QED) is 0.833. The van der Waals surface area contributed by atoms with Crippen LogP contribution >= 0.6 is 0 Å². The molecule has 3 heteroatoms. The van der Waals surface area contributed by atoms with Gasteiger partial charge in [-0.3, -0.25) is 0 Å². The lowest BCUT2D eigenvalue weighted by atomic mass is 10.0. The lowest BCUT2D eigenvalue weighted by Crippen LogP contribution is -2.06. The summed E-state index contributed by atoms with van der Waals surface area (Å²) in [5.41, 5.74) is 1.76. The molecule has 1 saturated carbocycles. The van der Waals surface area contributed by atoms with E-state index in [1.54, 1.807) is 13.1 Å². The van der Waals surface area contributed by atoms with Crippen LogP contribution < -0.4 is 0 Å². The van der Waals surface area contributed by atoms with E-state index in [-0.39, 0.29) is 0 Å². The van der Waals surface area contributed by atoms with Crippen molar-refractivity contribution in [2.75, 3.05) is 0 Å². The van der Waals surface area contributed by atoms with Crippen molar-refractivity contribution in [2.45, 2.75) is 52.1 Å². The van der Waals surface area contributed by atoms with Gasteiger partial charge in [0.1, 0.15) is 5.82 Å². The zero-order valence-corrected chi connectivity index (χ0v) is 10.3. The van der Waals surface area contributed by atoms with Crippen LogP contribution in [-0.2, 0) is 0 Å². The normalized spacial score (nSPS) is 27.0. The summed E-state index contributed by atoms with van der Waals surface area (Å²) in [7, 11) is 0. The summed E-state index contributed by atoms with van der Waals surface area (Å²) in [5, 5.41) is 9.52. The summed E-state index contributed by atoms with van der Waals surface area (Å²) in [5.74, 6) is 2.29. The molecule has 1 aliphatic rings. The monoisotopic (exact) mass is 220 g/mol. The molecule has 88 valence electrons. The molecule has 0 bridgehead atoms. The molecule has 3 atom stereocenters. The van der Waals surface area contributed by atoms with Crippen LogP contribution in [0.1, 0.15) is 62.2 Å². The Balaban J connectivity index is 2.21. The molecule has 0 aliphatic heterocycles. The van der Waals surface area contributed by atoms with Gasteiger partial charge in [0.05, 0.1) is 6.10 Å². The van der Waals surface area contributed by atoms with E-state index in [9.17, 15) is 5.11 Å². The van der Waals surface area contributed by atoms with E-state index in [1.807, 2.05) is 6.92 Å². The van der Waals surface area contributed by atoms with Gasteiger partial charge in [-0.1, -0.05) is 6.92 Å². The van der Waals surface area contributed by atoms with E-state index in [0.717, 1.165) is 23.0 Å². The van der Waals surface area contributed by atoms with E-state index in [4.69, 9.17) is 0 Å². The summed E-state index contributed by atoms with van der Waals surface area (Å²) >= 11 is 0. The maximum absolute atomic E-state index is 9.52. The van der Waals surface area contributed by atoms with Crippen molar-refractivity contribution in [1.82, 2.24) is 9.97 Å². The van der Waals surface area contributed by atoms with Gasteiger partial charge < -0.3 is 5.11 Å². The van der Waals surface area contributed by atoms with Crippen molar-refractivity contribution in [3.8, 4) is 0 Å². The summed E-state index contributed by atoms with van der Waals surface area (Å²) in [4.78, 5) is 8.95.